The standard InChI is InChI=1S/C10H16N2O/c1-2-10(11-5-1)8-12-9-3-6-13-7-4-9/h1-2,5,9,11-12H,3-4,6-8H2. The molecule has 2 rings (SSSR count). The largest absolute Gasteiger partial charge is 0.381 e. The zero-order valence-electron chi connectivity index (χ0n) is 7.75. The van der Waals surface area contributed by atoms with Gasteiger partial charge in [0.25, 0.3) is 0 Å². The van der Waals surface area contributed by atoms with Crippen LogP contribution >= 0.6 is 0 Å². The van der Waals surface area contributed by atoms with Gasteiger partial charge in [-0.1, -0.05) is 0 Å². The van der Waals surface area contributed by atoms with E-state index in [1.165, 1.54) is 5.69 Å². The van der Waals surface area contributed by atoms with Crippen molar-refractivity contribution in [2.24, 2.45) is 0 Å². The van der Waals surface area contributed by atoms with Crippen LogP contribution in [0.2, 0.25) is 0 Å². The molecule has 0 unspecified atom stereocenters. The first-order chi connectivity index (χ1) is 6.45. The van der Waals surface area contributed by atoms with Crippen molar-refractivity contribution < 1.29 is 4.74 Å². The van der Waals surface area contributed by atoms with Crippen LogP contribution in [0.15, 0.2) is 18.3 Å². The molecule has 3 nitrogen and oxygen atoms in total. The Kier molecular flexibility index (Phi) is 3.00. The molecule has 0 atom stereocenters. The van der Waals surface area contributed by atoms with Gasteiger partial charge in [-0.05, 0) is 25.0 Å². The summed E-state index contributed by atoms with van der Waals surface area (Å²) in [6.07, 6.45) is 4.24. The number of hydrogen-bond acceptors (Lipinski definition) is 2. The molecular weight excluding hydrogens is 164 g/mol. The van der Waals surface area contributed by atoms with Crippen molar-refractivity contribution in [2.75, 3.05) is 13.2 Å². The van der Waals surface area contributed by atoms with Crippen LogP contribution in [0.25, 0.3) is 0 Å². The van der Waals surface area contributed by atoms with Gasteiger partial charge in [0.2, 0.25) is 0 Å². The third kappa shape index (κ3) is 2.57. The average Bonchev–Trinajstić information content (AvgIpc) is 2.69. The first-order valence-corrected chi connectivity index (χ1v) is 4.88. The van der Waals surface area contributed by atoms with Crippen LogP contribution in [0.5, 0.6) is 0 Å². The second-order valence-electron chi connectivity index (χ2n) is 3.46. The Balaban J connectivity index is 1.72. The Labute approximate surface area is 78.5 Å². The molecule has 2 heterocycles. The maximum absolute atomic E-state index is 5.29. The highest BCUT2D eigenvalue weighted by atomic mass is 16.5. The minimum atomic E-state index is 0.636. The molecule has 0 spiro atoms. The summed E-state index contributed by atoms with van der Waals surface area (Å²) < 4.78 is 5.29. The fourth-order valence-corrected chi connectivity index (χ4v) is 1.63. The first kappa shape index (κ1) is 8.78. The van der Waals surface area contributed by atoms with Crippen LogP contribution in [-0.4, -0.2) is 24.2 Å². The summed E-state index contributed by atoms with van der Waals surface area (Å²) in [6.45, 7) is 2.75. The van der Waals surface area contributed by atoms with Crippen molar-refractivity contribution in [3.8, 4) is 0 Å². The number of rotatable bonds is 3. The van der Waals surface area contributed by atoms with E-state index in [1.54, 1.807) is 0 Å². The molecule has 1 aromatic rings. The molecule has 0 aromatic carbocycles. The average molecular weight is 180 g/mol. The van der Waals surface area contributed by atoms with Gasteiger partial charge in [-0.25, -0.2) is 0 Å². The number of aromatic amines is 1. The van der Waals surface area contributed by atoms with Crippen molar-refractivity contribution in [3.63, 3.8) is 0 Å². The minimum absolute atomic E-state index is 0.636. The fraction of sp³-hybridized carbons (Fsp3) is 0.600. The van der Waals surface area contributed by atoms with Gasteiger partial charge in [0, 0.05) is 37.7 Å². The summed E-state index contributed by atoms with van der Waals surface area (Å²) >= 11 is 0. The lowest BCUT2D eigenvalue weighted by atomic mass is 10.1. The molecule has 1 aromatic heterocycles. The Hall–Kier alpha value is -0.800. The van der Waals surface area contributed by atoms with E-state index in [9.17, 15) is 0 Å². The second-order valence-corrected chi connectivity index (χ2v) is 3.46. The molecule has 1 fully saturated rings. The second kappa shape index (κ2) is 4.44. The van der Waals surface area contributed by atoms with Gasteiger partial charge in [0.05, 0.1) is 0 Å². The van der Waals surface area contributed by atoms with E-state index in [0.717, 1.165) is 32.6 Å². The summed E-state index contributed by atoms with van der Waals surface area (Å²) in [7, 11) is 0. The summed E-state index contributed by atoms with van der Waals surface area (Å²) in [5, 5.41) is 3.51. The molecule has 0 amide bonds. The monoisotopic (exact) mass is 180 g/mol. The van der Waals surface area contributed by atoms with E-state index in [1.807, 2.05) is 12.3 Å². The van der Waals surface area contributed by atoms with Crippen molar-refractivity contribution in [1.29, 1.82) is 0 Å². The predicted octanol–water partition coefficient (Wildman–Crippen LogP) is 1.28. The molecule has 2 N–H and O–H groups in total. The van der Waals surface area contributed by atoms with Gasteiger partial charge in [0.15, 0.2) is 0 Å². The Bertz CT molecular complexity index is 227. The maximum Gasteiger partial charge on any atom is 0.0480 e. The number of aromatic nitrogens is 1. The van der Waals surface area contributed by atoms with E-state index in [2.05, 4.69) is 16.4 Å². The lowest BCUT2D eigenvalue weighted by Crippen LogP contribution is -2.34. The molecule has 1 saturated heterocycles. The van der Waals surface area contributed by atoms with E-state index in [4.69, 9.17) is 4.74 Å². The topological polar surface area (TPSA) is 37.0 Å². The van der Waals surface area contributed by atoms with Gasteiger partial charge in [-0.15, -0.1) is 0 Å². The van der Waals surface area contributed by atoms with Crippen molar-refractivity contribution in [3.05, 3.63) is 24.0 Å². The van der Waals surface area contributed by atoms with Crippen LogP contribution in [-0.2, 0) is 11.3 Å². The zero-order valence-corrected chi connectivity index (χ0v) is 7.75. The van der Waals surface area contributed by atoms with Crippen molar-refractivity contribution in [2.45, 2.75) is 25.4 Å². The van der Waals surface area contributed by atoms with E-state index < -0.39 is 0 Å². The number of nitrogens with one attached hydrogen (secondary N) is 2. The lowest BCUT2D eigenvalue weighted by Gasteiger charge is -2.22. The Morgan fingerprint density at radius 1 is 1.46 bits per heavy atom. The molecule has 13 heavy (non-hydrogen) atoms. The maximum atomic E-state index is 5.29. The highest BCUT2D eigenvalue weighted by Crippen LogP contribution is 2.06. The van der Waals surface area contributed by atoms with Crippen LogP contribution in [0, 0.1) is 0 Å². The van der Waals surface area contributed by atoms with Gasteiger partial charge in [-0.3, -0.25) is 0 Å². The van der Waals surface area contributed by atoms with Crippen molar-refractivity contribution in [1.82, 2.24) is 10.3 Å². The number of hydrogen-bond donors (Lipinski definition) is 2. The van der Waals surface area contributed by atoms with Gasteiger partial charge >= 0.3 is 0 Å². The van der Waals surface area contributed by atoms with Gasteiger partial charge < -0.3 is 15.0 Å². The predicted molar refractivity (Wildman–Crippen MR) is 51.5 cm³/mol. The van der Waals surface area contributed by atoms with Crippen LogP contribution in [0.4, 0.5) is 0 Å². The Morgan fingerprint density at radius 3 is 3.00 bits per heavy atom. The third-order valence-corrected chi connectivity index (χ3v) is 2.46. The van der Waals surface area contributed by atoms with Crippen molar-refractivity contribution >= 4 is 0 Å². The van der Waals surface area contributed by atoms with Gasteiger partial charge in [-0.2, -0.15) is 0 Å². The molecule has 72 valence electrons. The summed E-state index contributed by atoms with van der Waals surface area (Å²) in [4.78, 5) is 3.18. The van der Waals surface area contributed by atoms with Crippen LogP contribution < -0.4 is 5.32 Å². The summed E-state index contributed by atoms with van der Waals surface area (Å²) in [6, 6.07) is 4.77. The number of H-pyrrole nitrogens is 1. The molecular formula is C10H16N2O. The van der Waals surface area contributed by atoms with Crippen LogP contribution in [0.1, 0.15) is 18.5 Å². The number of ether oxygens (including phenoxy) is 1. The van der Waals surface area contributed by atoms with E-state index in [0.29, 0.717) is 6.04 Å². The van der Waals surface area contributed by atoms with Gasteiger partial charge in [0.1, 0.15) is 0 Å². The zero-order chi connectivity index (χ0) is 8.93. The molecule has 0 bridgehead atoms. The lowest BCUT2D eigenvalue weighted by molar-refractivity contribution is 0.0775. The quantitative estimate of drug-likeness (QED) is 0.735. The Morgan fingerprint density at radius 2 is 2.31 bits per heavy atom. The molecule has 0 radical (unpaired) electrons. The van der Waals surface area contributed by atoms with E-state index in [-0.39, 0.29) is 0 Å². The highest BCUT2D eigenvalue weighted by Gasteiger charge is 2.12. The van der Waals surface area contributed by atoms with E-state index >= 15 is 0 Å². The molecule has 3 heteroatoms. The normalized spacial score (nSPS) is 19.1. The molecule has 1 aliphatic heterocycles. The highest BCUT2D eigenvalue weighted by molar-refractivity contribution is 5.03. The minimum Gasteiger partial charge on any atom is -0.381 e. The van der Waals surface area contributed by atoms with Crippen LogP contribution in [0.3, 0.4) is 0 Å². The SMILES string of the molecule is c1c[nH]c(CNC2CCOCC2)c1. The summed E-state index contributed by atoms with van der Waals surface area (Å²) in [5.41, 5.74) is 1.26. The summed E-state index contributed by atoms with van der Waals surface area (Å²) in [5.74, 6) is 0. The molecule has 1 aliphatic rings. The smallest absolute Gasteiger partial charge is 0.0480 e. The molecule has 0 aliphatic carbocycles. The molecule has 0 saturated carbocycles. The third-order valence-electron chi connectivity index (χ3n) is 2.46. The fourth-order valence-electron chi connectivity index (χ4n) is 1.63. The first-order valence-electron chi connectivity index (χ1n) is 4.88.